The summed E-state index contributed by atoms with van der Waals surface area (Å²) in [5.41, 5.74) is 0.886. The van der Waals surface area contributed by atoms with Crippen molar-refractivity contribution in [3.8, 4) is 5.75 Å². The number of ether oxygens (including phenoxy) is 1. The monoisotopic (exact) mass is 303 g/mol. The fraction of sp³-hybridized carbons (Fsp3) is 0.500. The Morgan fingerprint density at radius 3 is 2.82 bits per heavy atom. The fourth-order valence-electron chi connectivity index (χ4n) is 2.74. The molecular formula is C16H21N3O3. The molecule has 1 atom stereocenters. The molecule has 3 rings (SSSR count). The Balaban J connectivity index is 1.71. The molecule has 6 nitrogen and oxygen atoms in total. The van der Waals surface area contributed by atoms with Gasteiger partial charge < -0.3 is 14.3 Å². The standard InChI is InChI=1S/C16H21N3O3/c1-12-17-18-16(22-12)11-19(10-14-6-4-8-21-14)9-13-5-2-3-7-15(13)20/h2-3,5,7,14,20H,4,6,8-11H2,1H3. The summed E-state index contributed by atoms with van der Waals surface area (Å²) in [7, 11) is 0. The first kappa shape index (κ1) is 15.0. The van der Waals surface area contributed by atoms with E-state index in [0.717, 1.165) is 31.6 Å². The highest BCUT2D eigenvalue weighted by molar-refractivity contribution is 5.31. The minimum atomic E-state index is 0.231. The number of nitrogens with zero attached hydrogens (tertiary/aromatic N) is 3. The number of aromatic hydroxyl groups is 1. The number of aromatic nitrogens is 2. The van der Waals surface area contributed by atoms with Crippen molar-refractivity contribution in [3.63, 3.8) is 0 Å². The quantitative estimate of drug-likeness (QED) is 0.882. The number of benzene rings is 1. The van der Waals surface area contributed by atoms with Crippen LogP contribution in [0, 0.1) is 6.92 Å². The molecule has 0 saturated carbocycles. The largest absolute Gasteiger partial charge is 0.508 e. The first-order valence-electron chi connectivity index (χ1n) is 7.60. The molecular weight excluding hydrogens is 282 g/mol. The van der Waals surface area contributed by atoms with Gasteiger partial charge >= 0.3 is 0 Å². The predicted octanol–water partition coefficient (Wildman–Crippen LogP) is 2.26. The lowest BCUT2D eigenvalue weighted by molar-refractivity contribution is 0.0644. The molecule has 1 saturated heterocycles. The molecule has 1 aliphatic rings. The summed E-state index contributed by atoms with van der Waals surface area (Å²) >= 11 is 0. The molecule has 2 heterocycles. The van der Waals surface area contributed by atoms with Crippen LogP contribution >= 0.6 is 0 Å². The second-order valence-electron chi connectivity index (χ2n) is 5.65. The van der Waals surface area contributed by atoms with Gasteiger partial charge in [0.05, 0.1) is 12.6 Å². The van der Waals surface area contributed by atoms with Gasteiger partial charge in [-0.05, 0) is 18.9 Å². The molecule has 22 heavy (non-hydrogen) atoms. The maximum absolute atomic E-state index is 9.98. The number of rotatable bonds is 6. The number of para-hydroxylation sites is 1. The van der Waals surface area contributed by atoms with Crippen LogP contribution in [0.1, 0.15) is 30.2 Å². The Morgan fingerprint density at radius 1 is 1.27 bits per heavy atom. The van der Waals surface area contributed by atoms with Crippen LogP contribution in [0.25, 0.3) is 0 Å². The highest BCUT2D eigenvalue weighted by Gasteiger charge is 2.21. The van der Waals surface area contributed by atoms with Crippen LogP contribution in [0.15, 0.2) is 28.7 Å². The topological polar surface area (TPSA) is 71.6 Å². The van der Waals surface area contributed by atoms with Crippen molar-refractivity contribution in [1.82, 2.24) is 15.1 Å². The van der Waals surface area contributed by atoms with Gasteiger partial charge in [-0.2, -0.15) is 0 Å². The number of hydrogen-bond donors (Lipinski definition) is 1. The van der Waals surface area contributed by atoms with Crippen LogP contribution in [-0.4, -0.2) is 39.5 Å². The minimum absolute atomic E-state index is 0.231. The molecule has 118 valence electrons. The van der Waals surface area contributed by atoms with Gasteiger partial charge in [0.15, 0.2) is 0 Å². The van der Waals surface area contributed by atoms with Crippen molar-refractivity contribution in [3.05, 3.63) is 41.6 Å². The van der Waals surface area contributed by atoms with Gasteiger partial charge in [-0.15, -0.1) is 10.2 Å². The smallest absolute Gasteiger partial charge is 0.230 e. The summed E-state index contributed by atoms with van der Waals surface area (Å²) in [5, 5.41) is 17.9. The Bertz CT molecular complexity index is 608. The lowest BCUT2D eigenvalue weighted by Gasteiger charge is -2.24. The fourth-order valence-corrected chi connectivity index (χ4v) is 2.74. The van der Waals surface area contributed by atoms with Crippen LogP contribution in [0.2, 0.25) is 0 Å². The molecule has 1 aromatic carbocycles. The number of phenolic OH excluding ortho intramolecular Hbond substituents is 1. The first-order chi connectivity index (χ1) is 10.7. The van der Waals surface area contributed by atoms with Crippen molar-refractivity contribution >= 4 is 0 Å². The summed E-state index contributed by atoms with van der Waals surface area (Å²) in [4.78, 5) is 2.18. The molecule has 0 aliphatic carbocycles. The van der Waals surface area contributed by atoms with Crippen LogP contribution in [0.4, 0.5) is 0 Å². The molecule has 2 aromatic rings. The molecule has 1 aliphatic heterocycles. The lowest BCUT2D eigenvalue weighted by atomic mass is 10.1. The zero-order chi connectivity index (χ0) is 15.4. The molecule has 1 fully saturated rings. The molecule has 0 radical (unpaired) electrons. The van der Waals surface area contributed by atoms with Gasteiger partial charge in [-0.3, -0.25) is 4.90 Å². The van der Waals surface area contributed by atoms with Gasteiger partial charge in [0.1, 0.15) is 5.75 Å². The molecule has 6 heteroatoms. The Kier molecular flexibility index (Phi) is 4.70. The summed E-state index contributed by atoms with van der Waals surface area (Å²) in [6.07, 6.45) is 2.41. The zero-order valence-corrected chi connectivity index (χ0v) is 12.7. The summed E-state index contributed by atoms with van der Waals surface area (Å²) < 4.78 is 11.2. The number of phenols is 1. The number of hydrogen-bond acceptors (Lipinski definition) is 6. The average molecular weight is 303 g/mol. The van der Waals surface area contributed by atoms with Crippen molar-refractivity contribution in [1.29, 1.82) is 0 Å². The minimum Gasteiger partial charge on any atom is -0.508 e. The highest BCUT2D eigenvalue weighted by Crippen LogP contribution is 2.21. The third kappa shape index (κ3) is 3.84. The Hall–Kier alpha value is -1.92. The maximum atomic E-state index is 9.98. The van der Waals surface area contributed by atoms with Gasteiger partial charge in [0.2, 0.25) is 11.8 Å². The van der Waals surface area contributed by atoms with Crippen LogP contribution < -0.4 is 0 Å². The Morgan fingerprint density at radius 2 is 2.14 bits per heavy atom. The van der Waals surface area contributed by atoms with E-state index in [9.17, 15) is 5.11 Å². The second kappa shape index (κ2) is 6.89. The van der Waals surface area contributed by atoms with Crippen molar-refractivity contribution < 1.29 is 14.3 Å². The van der Waals surface area contributed by atoms with Crippen LogP contribution in [0.3, 0.4) is 0 Å². The highest BCUT2D eigenvalue weighted by atomic mass is 16.5. The SMILES string of the molecule is Cc1nnc(CN(Cc2ccccc2O)CC2CCCO2)o1. The summed E-state index contributed by atoms with van der Waals surface area (Å²) in [5.74, 6) is 1.46. The second-order valence-corrected chi connectivity index (χ2v) is 5.65. The molecule has 1 aromatic heterocycles. The normalized spacial score (nSPS) is 18.2. The van der Waals surface area contributed by atoms with Crippen LogP contribution in [0.5, 0.6) is 5.75 Å². The lowest BCUT2D eigenvalue weighted by Crippen LogP contribution is -2.31. The van der Waals surface area contributed by atoms with E-state index in [1.54, 1.807) is 13.0 Å². The van der Waals surface area contributed by atoms with Crippen LogP contribution in [-0.2, 0) is 17.8 Å². The van der Waals surface area contributed by atoms with E-state index >= 15 is 0 Å². The molecule has 0 bridgehead atoms. The average Bonchev–Trinajstić information content (AvgIpc) is 3.13. The molecule has 1 N–H and O–H groups in total. The van der Waals surface area contributed by atoms with Crippen molar-refractivity contribution in [2.45, 2.75) is 39.0 Å². The van der Waals surface area contributed by atoms with Gasteiger partial charge in [0, 0.05) is 32.2 Å². The van der Waals surface area contributed by atoms with E-state index in [1.807, 2.05) is 18.2 Å². The van der Waals surface area contributed by atoms with Crippen molar-refractivity contribution in [2.75, 3.05) is 13.2 Å². The van der Waals surface area contributed by atoms with E-state index in [0.29, 0.717) is 30.6 Å². The van der Waals surface area contributed by atoms with E-state index in [1.165, 1.54) is 0 Å². The summed E-state index contributed by atoms with van der Waals surface area (Å²) in [6.45, 7) is 4.57. The van der Waals surface area contributed by atoms with E-state index < -0.39 is 0 Å². The van der Waals surface area contributed by atoms with Crippen molar-refractivity contribution in [2.24, 2.45) is 0 Å². The van der Waals surface area contributed by atoms with Gasteiger partial charge in [-0.1, -0.05) is 18.2 Å². The Labute approximate surface area is 129 Å². The van der Waals surface area contributed by atoms with E-state index in [-0.39, 0.29) is 6.10 Å². The van der Waals surface area contributed by atoms with Gasteiger partial charge in [0.25, 0.3) is 0 Å². The molecule has 0 amide bonds. The first-order valence-corrected chi connectivity index (χ1v) is 7.60. The van der Waals surface area contributed by atoms with E-state index in [2.05, 4.69) is 15.1 Å². The predicted molar refractivity (Wildman–Crippen MR) is 80.2 cm³/mol. The molecule has 0 spiro atoms. The third-order valence-electron chi connectivity index (χ3n) is 3.80. The summed E-state index contributed by atoms with van der Waals surface area (Å²) in [6, 6.07) is 7.38. The molecule has 1 unspecified atom stereocenters. The third-order valence-corrected chi connectivity index (χ3v) is 3.80. The maximum Gasteiger partial charge on any atom is 0.230 e. The van der Waals surface area contributed by atoms with Gasteiger partial charge in [-0.25, -0.2) is 0 Å². The zero-order valence-electron chi connectivity index (χ0n) is 12.7. The number of aryl methyl sites for hydroxylation is 1. The van der Waals surface area contributed by atoms with E-state index in [4.69, 9.17) is 9.15 Å².